The summed E-state index contributed by atoms with van der Waals surface area (Å²) < 4.78 is 0. The van der Waals surface area contributed by atoms with E-state index in [9.17, 15) is 4.79 Å². The predicted octanol–water partition coefficient (Wildman–Crippen LogP) is 2.43. The predicted molar refractivity (Wildman–Crippen MR) is 41.0 cm³/mol. The summed E-state index contributed by atoms with van der Waals surface area (Å²) in [6.45, 7) is 2.15. The maximum Gasteiger partial charge on any atom is 0.303 e. The molecule has 0 aliphatic rings. The quantitative estimate of drug-likeness (QED) is 0.602. The first-order valence-electron chi connectivity index (χ1n) is 3.99. The standard InChI is InChI=1S/C8H16O2.Hf/c1-2-3-4-5-6-7-8(9)10;/h2-7H2,1H3,(H,9,10);. The van der Waals surface area contributed by atoms with Crippen LogP contribution in [0.4, 0.5) is 0 Å². The zero-order chi connectivity index (χ0) is 7.82. The summed E-state index contributed by atoms with van der Waals surface area (Å²) >= 11 is 0. The summed E-state index contributed by atoms with van der Waals surface area (Å²) in [6, 6.07) is 0. The molecule has 64 valence electrons. The summed E-state index contributed by atoms with van der Waals surface area (Å²) in [5.41, 5.74) is 0. The molecular weight excluding hydrogens is 307 g/mol. The third kappa shape index (κ3) is 13.3. The Balaban J connectivity index is 0. The Morgan fingerprint density at radius 3 is 2.18 bits per heavy atom. The van der Waals surface area contributed by atoms with E-state index >= 15 is 0 Å². The smallest absolute Gasteiger partial charge is 0.303 e. The van der Waals surface area contributed by atoms with Gasteiger partial charge in [0, 0.05) is 32.3 Å². The van der Waals surface area contributed by atoms with Gasteiger partial charge in [-0.1, -0.05) is 32.6 Å². The van der Waals surface area contributed by atoms with Crippen LogP contribution in [0.2, 0.25) is 0 Å². The van der Waals surface area contributed by atoms with Crippen molar-refractivity contribution in [2.45, 2.75) is 45.4 Å². The summed E-state index contributed by atoms with van der Waals surface area (Å²) in [5, 5.41) is 8.27. The topological polar surface area (TPSA) is 37.3 Å². The Labute approximate surface area is 87.2 Å². The second kappa shape index (κ2) is 10.3. The van der Waals surface area contributed by atoms with Crippen molar-refractivity contribution in [3.63, 3.8) is 0 Å². The molecule has 0 aromatic carbocycles. The van der Waals surface area contributed by atoms with Crippen LogP contribution in [0.3, 0.4) is 0 Å². The van der Waals surface area contributed by atoms with Gasteiger partial charge in [-0.3, -0.25) is 4.79 Å². The number of aliphatic carboxylic acids is 1. The van der Waals surface area contributed by atoms with E-state index in [2.05, 4.69) is 6.92 Å². The van der Waals surface area contributed by atoms with Gasteiger partial charge in [-0.25, -0.2) is 0 Å². The van der Waals surface area contributed by atoms with Crippen LogP contribution in [0, 0.1) is 0 Å². The van der Waals surface area contributed by atoms with Crippen molar-refractivity contribution < 1.29 is 35.7 Å². The van der Waals surface area contributed by atoms with Gasteiger partial charge in [0.15, 0.2) is 0 Å². The SMILES string of the molecule is CCCCCCCC(=O)O.[Hf]. The number of hydrogen-bond donors (Lipinski definition) is 1. The Bertz CT molecular complexity index is 94.1. The molecule has 0 saturated carbocycles. The second-order valence-electron chi connectivity index (χ2n) is 2.56. The number of carboxylic acids is 1. The van der Waals surface area contributed by atoms with Gasteiger partial charge in [-0.05, 0) is 6.42 Å². The summed E-state index contributed by atoms with van der Waals surface area (Å²) in [4.78, 5) is 10.0. The summed E-state index contributed by atoms with van der Waals surface area (Å²) in [6.07, 6.45) is 5.88. The van der Waals surface area contributed by atoms with Crippen LogP contribution in [0.5, 0.6) is 0 Å². The molecule has 0 amide bonds. The van der Waals surface area contributed by atoms with E-state index in [0.29, 0.717) is 6.42 Å². The minimum atomic E-state index is -0.670. The van der Waals surface area contributed by atoms with Crippen LogP contribution in [-0.4, -0.2) is 11.1 Å². The fraction of sp³-hybridized carbons (Fsp3) is 0.875. The van der Waals surface area contributed by atoms with E-state index in [1.165, 1.54) is 19.3 Å². The minimum Gasteiger partial charge on any atom is -0.481 e. The van der Waals surface area contributed by atoms with Crippen molar-refractivity contribution in [2.24, 2.45) is 0 Å². The fourth-order valence-electron chi connectivity index (χ4n) is 0.880. The summed E-state index contributed by atoms with van der Waals surface area (Å²) in [7, 11) is 0. The number of carboxylic acid groups (broad SMARTS) is 1. The van der Waals surface area contributed by atoms with Crippen molar-refractivity contribution in [3.8, 4) is 0 Å². The average Bonchev–Trinajstić information content (AvgIpc) is 1.87. The Morgan fingerprint density at radius 2 is 1.73 bits per heavy atom. The molecule has 3 heteroatoms. The minimum absolute atomic E-state index is 0. The largest absolute Gasteiger partial charge is 0.481 e. The van der Waals surface area contributed by atoms with Crippen LogP contribution < -0.4 is 0 Å². The molecule has 0 saturated heterocycles. The van der Waals surface area contributed by atoms with Crippen molar-refractivity contribution >= 4 is 5.97 Å². The number of carbonyl (C=O) groups is 1. The molecule has 11 heavy (non-hydrogen) atoms. The van der Waals surface area contributed by atoms with Crippen molar-refractivity contribution in [2.75, 3.05) is 0 Å². The summed E-state index contributed by atoms with van der Waals surface area (Å²) in [5.74, 6) is -0.670. The molecule has 0 fully saturated rings. The zero-order valence-corrected chi connectivity index (χ0v) is 10.7. The Kier molecular flexibility index (Phi) is 13.1. The monoisotopic (exact) mass is 324 g/mol. The molecule has 0 aliphatic heterocycles. The number of rotatable bonds is 6. The van der Waals surface area contributed by atoms with Gasteiger partial charge in [0.2, 0.25) is 0 Å². The van der Waals surface area contributed by atoms with Crippen molar-refractivity contribution in [3.05, 3.63) is 0 Å². The van der Waals surface area contributed by atoms with Gasteiger partial charge in [-0.15, -0.1) is 0 Å². The van der Waals surface area contributed by atoms with E-state index in [4.69, 9.17) is 5.11 Å². The maximum atomic E-state index is 10.0. The first-order valence-corrected chi connectivity index (χ1v) is 3.99. The Morgan fingerprint density at radius 1 is 1.18 bits per heavy atom. The fourth-order valence-corrected chi connectivity index (χ4v) is 0.880. The van der Waals surface area contributed by atoms with Crippen molar-refractivity contribution in [1.29, 1.82) is 0 Å². The average molecular weight is 323 g/mol. The molecule has 1 N–H and O–H groups in total. The van der Waals surface area contributed by atoms with Crippen LogP contribution in [-0.2, 0) is 30.6 Å². The van der Waals surface area contributed by atoms with Crippen molar-refractivity contribution in [1.82, 2.24) is 0 Å². The van der Waals surface area contributed by atoms with E-state index in [-0.39, 0.29) is 25.8 Å². The number of hydrogen-bond acceptors (Lipinski definition) is 1. The molecule has 0 aliphatic carbocycles. The molecule has 0 aromatic rings. The molecular formula is C8H16HfO2. The van der Waals surface area contributed by atoms with Gasteiger partial charge in [0.25, 0.3) is 0 Å². The molecule has 0 aromatic heterocycles. The molecule has 0 heterocycles. The van der Waals surface area contributed by atoms with Gasteiger partial charge in [-0.2, -0.15) is 0 Å². The van der Waals surface area contributed by atoms with E-state index < -0.39 is 5.97 Å². The Hall–Kier alpha value is 0.340. The first kappa shape index (κ1) is 13.9. The van der Waals surface area contributed by atoms with Crippen LogP contribution in [0.25, 0.3) is 0 Å². The van der Waals surface area contributed by atoms with E-state index in [0.717, 1.165) is 12.8 Å². The maximum absolute atomic E-state index is 10.0. The molecule has 0 rings (SSSR count). The van der Waals surface area contributed by atoms with Crippen LogP contribution >= 0.6 is 0 Å². The molecule has 0 radical (unpaired) electrons. The molecule has 0 atom stereocenters. The molecule has 0 unspecified atom stereocenters. The molecule has 0 spiro atoms. The number of unbranched alkanes of at least 4 members (excludes halogenated alkanes) is 4. The van der Waals surface area contributed by atoms with Crippen LogP contribution in [0.1, 0.15) is 45.4 Å². The van der Waals surface area contributed by atoms with Gasteiger partial charge >= 0.3 is 5.97 Å². The second-order valence-corrected chi connectivity index (χ2v) is 2.56. The third-order valence-corrected chi connectivity index (χ3v) is 1.49. The van der Waals surface area contributed by atoms with Crippen LogP contribution in [0.15, 0.2) is 0 Å². The van der Waals surface area contributed by atoms with E-state index in [1.807, 2.05) is 0 Å². The molecule has 2 nitrogen and oxygen atoms in total. The normalized spacial score (nSPS) is 8.82. The zero-order valence-electron chi connectivity index (χ0n) is 7.10. The van der Waals surface area contributed by atoms with E-state index in [1.54, 1.807) is 0 Å². The first-order chi connectivity index (χ1) is 4.77. The van der Waals surface area contributed by atoms with Gasteiger partial charge in [0.05, 0.1) is 0 Å². The van der Waals surface area contributed by atoms with Gasteiger partial charge in [0.1, 0.15) is 0 Å². The van der Waals surface area contributed by atoms with Gasteiger partial charge < -0.3 is 5.11 Å². The molecule has 0 bridgehead atoms. The third-order valence-electron chi connectivity index (χ3n) is 1.49.